The van der Waals surface area contributed by atoms with Crippen LogP contribution in [0.4, 0.5) is 8.78 Å². The maximum Gasteiger partial charge on any atom is 0.200 e. The van der Waals surface area contributed by atoms with Crippen LogP contribution < -0.4 is 4.74 Å². The van der Waals surface area contributed by atoms with Crippen LogP contribution in [0.15, 0.2) is 24.8 Å². The average Bonchev–Trinajstić information content (AvgIpc) is 2.89. The second kappa shape index (κ2) is 12.5. The lowest BCUT2D eigenvalue weighted by atomic mass is 9.67. The SMILES string of the molecule is C=CCCC1CCC(C2CCC(C3CCC(c4ccc(OCCC)c(F)c4F)CO3)CC2)CC1. The van der Waals surface area contributed by atoms with E-state index in [0.29, 0.717) is 24.7 Å². The molecule has 2 aliphatic carbocycles. The average molecular weight is 475 g/mol. The first-order chi connectivity index (χ1) is 16.6. The fraction of sp³-hybridized carbons (Fsp3) is 0.733. The molecule has 1 aliphatic heterocycles. The summed E-state index contributed by atoms with van der Waals surface area (Å²) in [6, 6.07) is 3.26. The number of allylic oxidation sites excluding steroid dienone is 1. The Morgan fingerprint density at radius 1 is 0.912 bits per heavy atom. The molecule has 34 heavy (non-hydrogen) atoms. The van der Waals surface area contributed by atoms with Crippen LogP contribution in [-0.4, -0.2) is 19.3 Å². The smallest absolute Gasteiger partial charge is 0.200 e. The van der Waals surface area contributed by atoms with Crippen molar-refractivity contribution in [2.45, 2.75) is 102 Å². The van der Waals surface area contributed by atoms with Gasteiger partial charge < -0.3 is 9.47 Å². The lowest BCUT2D eigenvalue weighted by molar-refractivity contribution is -0.0469. The Labute approximate surface area is 205 Å². The lowest BCUT2D eigenvalue weighted by Crippen LogP contribution is -2.35. The monoisotopic (exact) mass is 474 g/mol. The van der Waals surface area contributed by atoms with Crippen molar-refractivity contribution < 1.29 is 18.3 Å². The zero-order chi connectivity index (χ0) is 23.9. The zero-order valence-corrected chi connectivity index (χ0v) is 21.1. The Bertz CT molecular complexity index is 770. The van der Waals surface area contributed by atoms with Crippen molar-refractivity contribution in [1.29, 1.82) is 0 Å². The number of ether oxygens (including phenoxy) is 2. The van der Waals surface area contributed by atoms with Gasteiger partial charge in [0, 0.05) is 5.92 Å². The Morgan fingerprint density at radius 3 is 2.21 bits per heavy atom. The van der Waals surface area contributed by atoms with Crippen molar-refractivity contribution in [1.82, 2.24) is 0 Å². The van der Waals surface area contributed by atoms with Gasteiger partial charge in [0.05, 0.1) is 19.3 Å². The van der Waals surface area contributed by atoms with E-state index in [2.05, 4.69) is 12.7 Å². The van der Waals surface area contributed by atoms with Crippen molar-refractivity contribution in [3.63, 3.8) is 0 Å². The number of hydrogen-bond donors (Lipinski definition) is 0. The van der Waals surface area contributed by atoms with Gasteiger partial charge in [-0.05, 0) is 106 Å². The van der Waals surface area contributed by atoms with Crippen LogP contribution in [0.5, 0.6) is 5.75 Å². The normalized spacial score (nSPS) is 32.3. The van der Waals surface area contributed by atoms with Gasteiger partial charge in [-0.15, -0.1) is 6.58 Å². The topological polar surface area (TPSA) is 18.5 Å². The molecule has 2 saturated carbocycles. The van der Waals surface area contributed by atoms with Gasteiger partial charge in [-0.1, -0.05) is 31.9 Å². The molecule has 2 atom stereocenters. The molecule has 2 unspecified atom stereocenters. The molecule has 3 aliphatic rings. The van der Waals surface area contributed by atoms with Crippen molar-refractivity contribution in [2.24, 2.45) is 23.7 Å². The van der Waals surface area contributed by atoms with Crippen LogP contribution in [0.25, 0.3) is 0 Å². The molecule has 4 heteroatoms. The van der Waals surface area contributed by atoms with E-state index in [4.69, 9.17) is 9.47 Å². The summed E-state index contributed by atoms with van der Waals surface area (Å²) < 4.78 is 40.8. The minimum atomic E-state index is -0.860. The number of halogens is 2. The Hall–Kier alpha value is -1.42. The Morgan fingerprint density at radius 2 is 1.59 bits per heavy atom. The molecule has 190 valence electrons. The largest absolute Gasteiger partial charge is 0.490 e. The summed E-state index contributed by atoms with van der Waals surface area (Å²) in [4.78, 5) is 0. The standard InChI is InChI=1S/C30H44F2O2/c1-3-5-6-21-7-9-22(10-8-21)23-11-13-24(14-12-23)27-17-15-25(20-34-27)26-16-18-28(33-19-4-2)30(32)29(26)31/h3,16,18,21-25,27H,1,4-15,17,19-20H2,2H3. The van der Waals surface area contributed by atoms with E-state index in [-0.39, 0.29) is 17.8 Å². The first kappa shape index (κ1) is 25.7. The molecule has 1 aromatic rings. The van der Waals surface area contributed by atoms with Crippen LogP contribution >= 0.6 is 0 Å². The van der Waals surface area contributed by atoms with Gasteiger partial charge in [-0.25, -0.2) is 4.39 Å². The van der Waals surface area contributed by atoms with E-state index >= 15 is 0 Å². The first-order valence-electron chi connectivity index (χ1n) is 13.9. The molecule has 1 saturated heterocycles. The highest BCUT2D eigenvalue weighted by molar-refractivity contribution is 5.33. The summed E-state index contributed by atoms with van der Waals surface area (Å²) in [5, 5.41) is 0. The highest BCUT2D eigenvalue weighted by atomic mass is 19.2. The van der Waals surface area contributed by atoms with E-state index in [0.717, 1.165) is 37.0 Å². The van der Waals surface area contributed by atoms with Gasteiger partial charge in [-0.3, -0.25) is 0 Å². The van der Waals surface area contributed by atoms with Crippen LogP contribution in [0.3, 0.4) is 0 Å². The van der Waals surface area contributed by atoms with Crippen LogP contribution in [0, 0.1) is 35.3 Å². The fourth-order valence-electron chi connectivity index (χ4n) is 6.86. The number of hydrogen-bond acceptors (Lipinski definition) is 2. The summed E-state index contributed by atoms with van der Waals surface area (Å²) >= 11 is 0. The maximum absolute atomic E-state index is 14.7. The van der Waals surface area contributed by atoms with Crippen molar-refractivity contribution >= 4 is 0 Å². The van der Waals surface area contributed by atoms with Crippen LogP contribution in [0.1, 0.15) is 102 Å². The molecular formula is C30H44F2O2. The van der Waals surface area contributed by atoms with E-state index in [1.165, 1.54) is 64.2 Å². The van der Waals surface area contributed by atoms with Crippen molar-refractivity contribution in [2.75, 3.05) is 13.2 Å². The van der Waals surface area contributed by atoms with Crippen molar-refractivity contribution in [3.8, 4) is 5.75 Å². The molecule has 0 bridgehead atoms. The second-order valence-electron chi connectivity index (χ2n) is 11.1. The quantitative estimate of drug-likeness (QED) is 0.334. The number of rotatable bonds is 9. The second-order valence-corrected chi connectivity index (χ2v) is 11.1. The molecule has 4 rings (SSSR count). The fourth-order valence-corrected chi connectivity index (χ4v) is 6.86. The summed E-state index contributed by atoms with van der Waals surface area (Å²) in [6.07, 6.45) is 18.3. The van der Waals surface area contributed by atoms with Gasteiger partial charge in [-0.2, -0.15) is 4.39 Å². The number of benzene rings is 1. The highest BCUT2D eigenvalue weighted by Crippen LogP contribution is 2.45. The van der Waals surface area contributed by atoms with E-state index in [1.807, 2.05) is 6.92 Å². The zero-order valence-electron chi connectivity index (χ0n) is 21.1. The molecule has 0 amide bonds. The van der Waals surface area contributed by atoms with E-state index < -0.39 is 11.6 Å². The molecule has 2 nitrogen and oxygen atoms in total. The minimum absolute atomic E-state index is 0.0136. The van der Waals surface area contributed by atoms with Crippen molar-refractivity contribution in [3.05, 3.63) is 42.0 Å². The molecule has 1 aromatic carbocycles. The molecule has 0 spiro atoms. The first-order valence-corrected chi connectivity index (χ1v) is 13.9. The molecule has 0 N–H and O–H groups in total. The molecule has 0 radical (unpaired) electrons. The van der Waals surface area contributed by atoms with Gasteiger partial charge in [0.25, 0.3) is 0 Å². The third kappa shape index (κ3) is 6.22. The maximum atomic E-state index is 14.7. The van der Waals surface area contributed by atoms with Gasteiger partial charge in [0.1, 0.15) is 0 Å². The lowest BCUT2D eigenvalue weighted by Gasteiger charge is -2.41. The Kier molecular flexibility index (Phi) is 9.45. The summed E-state index contributed by atoms with van der Waals surface area (Å²) in [5.41, 5.74) is 0.437. The molecule has 0 aromatic heterocycles. The van der Waals surface area contributed by atoms with Gasteiger partial charge in [0.15, 0.2) is 11.6 Å². The third-order valence-electron chi connectivity index (χ3n) is 8.97. The predicted octanol–water partition coefficient (Wildman–Crippen LogP) is 8.60. The summed E-state index contributed by atoms with van der Waals surface area (Å²) in [6.45, 7) is 6.70. The van der Waals surface area contributed by atoms with E-state index in [9.17, 15) is 8.78 Å². The third-order valence-corrected chi connectivity index (χ3v) is 8.97. The molecule has 3 fully saturated rings. The molecule has 1 heterocycles. The predicted molar refractivity (Wildman–Crippen MR) is 134 cm³/mol. The summed E-state index contributed by atoms with van der Waals surface area (Å²) in [7, 11) is 0. The summed E-state index contributed by atoms with van der Waals surface area (Å²) in [5.74, 6) is 1.71. The van der Waals surface area contributed by atoms with Crippen LogP contribution in [-0.2, 0) is 4.74 Å². The van der Waals surface area contributed by atoms with Gasteiger partial charge in [0.2, 0.25) is 5.82 Å². The minimum Gasteiger partial charge on any atom is -0.490 e. The molecular weight excluding hydrogens is 430 g/mol. The highest BCUT2D eigenvalue weighted by Gasteiger charge is 2.36. The van der Waals surface area contributed by atoms with Crippen LogP contribution in [0.2, 0.25) is 0 Å². The Balaban J connectivity index is 1.21. The van der Waals surface area contributed by atoms with E-state index in [1.54, 1.807) is 12.1 Å². The van der Waals surface area contributed by atoms with Gasteiger partial charge >= 0.3 is 0 Å².